The van der Waals surface area contributed by atoms with Crippen LogP contribution in [0.3, 0.4) is 0 Å². The van der Waals surface area contributed by atoms with Crippen molar-refractivity contribution >= 4 is 10.0 Å². The van der Waals surface area contributed by atoms with Crippen LogP contribution in [0.2, 0.25) is 0 Å². The van der Waals surface area contributed by atoms with E-state index in [4.69, 9.17) is 5.73 Å². The van der Waals surface area contributed by atoms with Crippen LogP contribution in [0.25, 0.3) is 0 Å². The SMILES string of the molecule is Cc1cc(C)c(S(=O)(=O)NC(C2CCCCC2)C(N)C2CCCCC2)c(C)c1. The summed E-state index contributed by atoms with van der Waals surface area (Å²) in [6.45, 7) is 5.80. The summed E-state index contributed by atoms with van der Waals surface area (Å²) < 4.78 is 30.0. The molecule has 2 atom stereocenters. The lowest BCUT2D eigenvalue weighted by Gasteiger charge is -2.39. The summed E-state index contributed by atoms with van der Waals surface area (Å²) in [5, 5.41) is 0. The van der Waals surface area contributed by atoms with Gasteiger partial charge >= 0.3 is 0 Å². The van der Waals surface area contributed by atoms with Crippen LogP contribution in [0.5, 0.6) is 0 Å². The minimum atomic E-state index is -3.60. The van der Waals surface area contributed by atoms with E-state index in [1.54, 1.807) is 0 Å². The Kier molecular flexibility index (Phi) is 7.21. The highest BCUT2D eigenvalue weighted by atomic mass is 32.2. The molecule has 2 unspecified atom stereocenters. The molecule has 0 saturated heterocycles. The lowest BCUT2D eigenvalue weighted by atomic mass is 9.75. The fourth-order valence-electron chi connectivity index (χ4n) is 5.62. The number of hydrogen-bond donors (Lipinski definition) is 2. The van der Waals surface area contributed by atoms with Crippen LogP contribution >= 0.6 is 0 Å². The Morgan fingerprint density at radius 1 is 0.857 bits per heavy atom. The van der Waals surface area contributed by atoms with Gasteiger partial charge in [-0.25, -0.2) is 13.1 Å². The first-order chi connectivity index (χ1) is 13.3. The first-order valence-corrected chi connectivity index (χ1v) is 12.6. The summed E-state index contributed by atoms with van der Waals surface area (Å²) in [4.78, 5) is 0.440. The largest absolute Gasteiger partial charge is 0.326 e. The number of nitrogens with two attached hydrogens (primary N) is 1. The van der Waals surface area contributed by atoms with Crippen molar-refractivity contribution in [2.45, 2.75) is 102 Å². The summed E-state index contributed by atoms with van der Waals surface area (Å²) in [5.41, 5.74) is 9.51. The van der Waals surface area contributed by atoms with Crippen LogP contribution in [0.4, 0.5) is 0 Å². The van der Waals surface area contributed by atoms with Crippen molar-refractivity contribution in [2.24, 2.45) is 17.6 Å². The maximum atomic E-state index is 13.5. The van der Waals surface area contributed by atoms with Crippen molar-refractivity contribution in [1.82, 2.24) is 4.72 Å². The van der Waals surface area contributed by atoms with E-state index < -0.39 is 10.0 Å². The van der Waals surface area contributed by atoms with Crippen LogP contribution in [-0.4, -0.2) is 20.5 Å². The van der Waals surface area contributed by atoms with Crippen molar-refractivity contribution in [1.29, 1.82) is 0 Å². The van der Waals surface area contributed by atoms with Crippen LogP contribution in [0, 0.1) is 32.6 Å². The molecule has 28 heavy (non-hydrogen) atoms. The smallest absolute Gasteiger partial charge is 0.241 e. The number of hydrogen-bond acceptors (Lipinski definition) is 3. The van der Waals surface area contributed by atoms with Gasteiger partial charge in [-0.05, 0) is 69.4 Å². The highest BCUT2D eigenvalue weighted by molar-refractivity contribution is 7.89. The number of nitrogens with one attached hydrogen (secondary N) is 1. The number of sulfonamides is 1. The molecule has 158 valence electrons. The molecule has 0 bridgehead atoms. The average Bonchev–Trinajstić information content (AvgIpc) is 2.66. The van der Waals surface area contributed by atoms with E-state index in [0.717, 1.165) is 42.4 Å². The molecule has 1 aromatic carbocycles. The molecule has 2 aliphatic rings. The van der Waals surface area contributed by atoms with Crippen LogP contribution in [0.1, 0.15) is 80.9 Å². The van der Waals surface area contributed by atoms with Gasteiger partial charge in [-0.3, -0.25) is 0 Å². The highest BCUT2D eigenvalue weighted by Gasteiger charge is 2.37. The third kappa shape index (κ3) is 4.98. The fraction of sp³-hybridized carbons (Fsp3) is 0.739. The molecule has 3 rings (SSSR count). The van der Waals surface area contributed by atoms with Gasteiger partial charge in [0.15, 0.2) is 0 Å². The number of rotatable bonds is 6. The Morgan fingerprint density at radius 2 is 1.32 bits per heavy atom. The van der Waals surface area contributed by atoms with Crippen molar-refractivity contribution in [3.05, 3.63) is 28.8 Å². The quantitative estimate of drug-likeness (QED) is 0.716. The van der Waals surface area contributed by atoms with Gasteiger partial charge in [-0.2, -0.15) is 0 Å². The number of aryl methyl sites for hydroxylation is 3. The standard InChI is InChI=1S/C23H38N2O2S/c1-16-14-17(2)23(18(3)15-16)28(26,27)25-22(20-12-8-5-9-13-20)21(24)19-10-6-4-7-11-19/h14-15,19-22,25H,4-13,24H2,1-3H3. The predicted octanol–water partition coefficient (Wildman–Crippen LogP) is 4.75. The summed E-state index contributed by atoms with van der Waals surface area (Å²) in [6, 6.07) is 3.66. The maximum absolute atomic E-state index is 13.5. The van der Waals surface area contributed by atoms with Gasteiger partial charge in [0.05, 0.1) is 4.90 Å². The second-order valence-corrected chi connectivity index (χ2v) is 10.9. The zero-order valence-electron chi connectivity index (χ0n) is 17.8. The summed E-state index contributed by atoms with van der Waals surface area (Å²) >= 11 is 0. The monoisotopic (exact) mass is 406 g/mol. The van der Waals surface area contributed by atoms with Crippen molar-refractivity contribution < 1.29 is 8.42 Å². The van der Waals surface area contributed by atoms with Crippen LogP contribution < -0.4 is 10.5 Å². The lowest BCUT2D eigenvalue weighted by molar-refractivity contribution is 0.199. The average molecular weight is 407 g/mol. The van der Waals surface area contributed by atoms with E-state index >= 15 is 0 Å². The molecule has 2 fully saturated rings. The van der Waals surface area contributed by atoms with E-state index in [-0.39, 0.29) is 12.1 Å². The van der Waals surface area contributed by atoms with E-state index in [2.05, 4.69) is 4.72 Å². The highest BCUT2D eigenvalue weighted by Crippen LogP contribution is 2.34. The molecule has 0 amide bonds. The van der Waals surface area contributed by atoms with Gasteiger partial charge in [0.2, 0.25) is 10.0 Å². The van der Waals surface area contributed by atoms with Gasteiger partial charge in [0.1, 0.15) is 0 Å². The molecule has 0 aromatic heterocycles. The van der Waals surface area contributed by atoms with Gasteiger partial charge in [0.25, 0.3) is 0 Å². The van der Waals surface area contributed by atoms with E-state index in [0.29, 0.717) is 16.7 Å². The topological polar surface area (TPSA) is 72.2 Å². The predicted molar refractivity (Wildman–Crippen MR) is 116 cm³/mol. The van der Waals surface area contributed by atoms with Crippen molar-refractivity contribution in [3.8, 4) is 0 Å². The molecule has 0 aliphatic heterocycles. The van der Waals surface area contributed by atoms with Gasteiger partial charge < -0.3 is 5.73 Å². The lowest BCUT2D eigenvalue weighted by Crippen LogP contribution is -2.55. The second kappa shape index (κ2) is 9.27. The molecule has 2 aliphatic carbocycles. The molecule has 5 heteroatoms. The molecular formula is C23H38N2O2S. The minimum Gasteiger partial charge on any atom is -0.326 e. The Morgan fingerprint density at radius 3 is 1.82 bits per heavy atom. The normalized spacial score (nSPS) is 22.1. The van der Waals surface area contributed by atoms with Gasteiger partial charge in [-0.15, -0.1) is 0 Å². The van der Waals surface area contributed by atoms with E-state index in [1.807, 2.05) is 32.9 Å². The van der Waals surface area contributed by atoms with Gasteiger partial charge in [0, 0.05) is 12.1 Å². The van der Waals surface area contributed by atoms with Crippen molar-refractivity contribution in [3.63, 3.8) is 0 Å². The Bertz CT molecular complexity index is 740. The Labute approximate surface area is 171 Å². The van der Waals surface area contributed by atoms with Crippen LogP contribution in [0.15, 0.2) is 17.0 Å². The maximum Gasteiger partial charge on any atom is 0.241 e. The fourth-order valence-corrected chi connectivity index (χ4v) is 7.41. The molecular weight excluding hydrogens is 368 g/mol. The van der Waals surface area contributed by atoms with E-state index in [1.165, 1.54) is 38.5 Å². The Hall–Kier alpha value is -0.910. The van der Waals surface area contributed by atoms with Crippen LogP contribution in [-0.2, 0) is 10.0 Å². The molecule has 0 spiro atoms. The first-order valence-electron chi connectivity index (χ1n) is 11.2. The molecule has 3 N–H and O–H groups in total. The third-order valence-corrected chi connectivity index (χ3v) is 8.70. The van der Waals surface area contributed by atoms with Gasteiger partial charge in [-0.1, -0.05) is 56.2 Å². The zero-order valence-corrected chi connectivity index (χ0v) is 18.7. The molecule has 1 aromatic rings. The number of benzene rings is 1. The summed E-state index contributed by atoms with van der Waals surface area (Å²) in [6.07, 6.45) is 11.8. The summed E-state index contributed by atoms with van der Waals surface area (Å²) in [7, 11) is -3.60. The zero-order chi connectivity index (χ0) is 20.3. The van der Waals surface area contributed by atoms with Crippen molar-refractivity contribution in [2.75, 3.05) is 0 Å². The second-order valence-electron chi connectivity index (χ2n) is 9.25. The molecule has 4 nitrogen and oxygen atoms in total. The molecule has 2 saturated carbocycles. The first kappa shape index (κ1) is 21.8. The van der Waals surface area contributed by atoms with E-state index in [9.17, 15) is 8.42 Å². The molecule has 0 heterocycles. The summed E-state index contributed by atoms with van der Waals surface area (Å²) in [5.74, 6) is 0.787. The Balaban J connectivity index is 1.89. The minimum absolute atomic E-state index is 0.0933. The third-order valence-electron chi connectivity index (χ3n) is 6.93. The molecule has 0 radical (unpaired) electrons.